The second-order valence-electron chi connectivity index (χ2n) is 3.30. The number of ether oxygens (including phenoxy) is 1. The van der Waals surface area contributed by atoms with Gasteiger partial charge in [-0.2, -0.15) is 0 Å². The smallest absolute Gasteiger partial charge is 0.166 e. The van der Waals surface area contributed by atoms with E-state index >= 15 is 0 Å². The average molecular weight is 164 g/mol. The first-order valence-electron chi connectivity index (χ1n) is 4.38. The van der Waals surface area contributed by atoms with E-state index in [4.69, 9.17) is 4.74 Å². The number of hydrogen-bond acceptors (Lipinski definition) is 2. The van der Waals surface area contributed by atoms with Crippen LogP contribution in [0.4, 0.5) is 0 Å². The minimum Gasteiger partial charge on any atom is -0.490 e. The molecule has 64 valence electrons. The molecule has 1 aliphatic heterocycles. The van der Waals surface area contributed by atoms with Crippen LogP contribution in [0.25, 0.3) is 0 Å². The largest absolute Gasteiger partial charge is 0.490 e. The Labute approximate surface area is 71.9 Å². The zero-order valence-electron chi connectivity index (χ0n) is 7.17. The van der Waals surface area contributed by atoms with Gasteiger partial charge in [-0.25, -0.2) is 0 Å². The van der Waals surface area contributed by atoms with E-state index in [0.29, 0.717) is 6.42 Å². The molecule has 0 saturated carbocycles. The van der Waals surface area contributed by atoms with E-state index < -0.39 is 0 Å². The lowest BCUT2D eigenvalue weighted by atomic mass is 9.94. The van der Waals surface area contributed by atoms with Crippen LogP contribution in [0.2, 0.25) is 0 Å². The van der Waals surface area contributed by atoms with Crippen molar-refractivity contribution in [1.82, 2.24) is 0 Å². The highest BCUT2D eigenvalue weighted by molar-refractivity contribution is 5.99. The number of hydrogen-bond donors (Lipinski definition) is 0. The number of ketones is 1. The van der Waals surface area contributed by atoms with Crippen LogP contribution in [0.5, 0.6) is 0 Å². The molecule has 0 aromatic carbocycles. The Hall–Kier alpha value is -1.05. The van der Waals surface area contributed by atoms with Gasteiger partial charge >= 0.3 is 0 Å². The van der Waals surface area contributed by atoms with E-state index in [1.165, 1.54) is 0 Å². The summed E-state index contributed by atoms with van der Waals surface area (Å²) < 4.78 is 5.53. The van der Waals surface area contributed by atoms with Crippen LogP contribution in [-0.2, 0) is 9.53 Å². The molecule has 1 heterocycles. The first-order chi connectivity index (χ1) is 5.77. The van der Waals surface area contributed by atoms with Crippen molar-refractivity contribution >= 4 is 5.78 Å². The fraction of sp³-hybridized carbons (Fsp3) is 0.500. The fourth-order valence-electron chi connectivity index (χ4n) is 1.64. The van der Waals surface area contributed by atoms with Crippen molar-refractivity contribution in [2.45, 2.75) is 32.3 Å². The highest BCUT2D eigenvalue weighted by Crippen LogP contribution is 2.28. The van der Waals surface area contributed by atoms with Crippen LogP contribution in [-0.4, -0.2) is 11.9 Å². The molecular formula is C10H12O2. The lowest BCUT2D eigenvalue weighted by molar-refractivity contribution is -0.116. The molecule has 2 aliphatic rings. The monoisotopic (exact) mass is 164 g/mol. The third-order valence-corrected chi connectivity index (χ3v) is 2.27. The van der Waals surface area contributed by atoms with Gasteiger partial charge in [-0.3, -0.25) is 4.79 Å². The minimum absolute atomic E-state index is 0.134. The molecule has 0 saturated heterocycles. The van der Waals surface area contributed by atoms with Crippen LogP contribution in [0.1, 0.15) is 26.2 Å². The van der Waals surface area contributed by atoms with E-state index in [0.717, 1.165) is 24.2 Å². The number of carbonyl (C=O) groups excluding carboxylic acids is 1. The summed E-state index contributed by atoms with van der Waals surface area (Å²) in [6.45, 7) is 1.99. The summed E-state index contributed by atoms with van der Waals surface area (Å²) in [5.74, 6) is 1.14. The number of allylic oxidation sites excluding steroid dienone is 3. The summed E-state index contributed by atoms with van der Waals surface area (Å²) >= 11 is 0. The Balaban J connectivity index is 2.31. The molecule has 2 heteroatoms. The van der Waals surface area contributed by atoms with Gasteiger partial charge in [0, 0.05) is 12.8 Å². The molecule has 0 amide bonds. The molecule has 0 aromatic rings. The third kappa shape index (κ3) is 1.17. The van der Waals surface area contributed by atoms with Gasteiger partial charge in [-0.1, -0.05) is 0 Å². The molecule has 0 fully saturated rings. The quantitative estimate of drug-likeness (QED) is 0.547. The number of carbonyl (C=O) groups is 1. The van der Waals surface area contributed by atoms with Gasteiger partial charge in [0.25, 0.3) is 0 Å². The molecule has 1 atom stereocenters. The predicted molar refractivity (Wildman–Crippen MR) is 45.6 cm³/mol. The lowest BCUT2D eigenvalue weighted by Gasteiger charge is -2.24. The van der Waals surface area contributed by atoms with Crippen molar-refractivity contribution in [3.8, 4) is 0 Å². The maximum atomic E-state index is 11.3. The zero-order valence-corrected chi connectivity index (χ0v) is 7.17. The molecule has 0 unspecified atom stereocenters. The van der Waals surface area contributed by atoms with E-state index in [1.807, 2.05) is 19.1 Å². The van der Waals surface area contributed by atoms with Crippen molar-refractivity contribution in [3.63, 3.8) is 0 Å². The molecule has 2 nitrogen and oxygen atoms in total. The molecule has 0 bridgehead atoms. The average Bonchev–Trinajstić information content (AvgIpc) is 2.04. The highest BCUT2D eigenvalue weighted by Gasteiger charge is 2.23. The maximum Gasteiger partial charge on any atom is 0.166 e. The summed E-state index contributed by atoms with van der Waals surface area (Å²) in [5, 5.41) is 0. The molecule has 2 rings (SSSR count). The Bertz CT molecular complexity index is 274. The van der Waals surface area contributed by atoms with Crippen molar-refractivity contribution in [2.24, 2.45) is 0 Å². The second kappa shape index (κ2) is 2.77. The summed E-state index contributed by atoms with van der Waals surface area (Å²) in [5.41, 5.74) is 0.805. The molecule has 1 aliphatic carbocycles. The predicted octanol–water partition coefficient (Wildman–Crippen LogP) is 1.97. The molecule has 0 spiro atoms. The van der Waals surface area contributed by atoms with Crippen LogP contribution >= 0.6 is 0 Å². The van der Waals surface area contributed by atoms with E-state index in [1.54, 1.807) is 0 Å². The number of rotatable bonds is 0. The highest BCUT2D eigenvalue weighted by atomic mass is 16.5. The van der Waals surface area contributed by atoms with Crippen molar-refractivity contribution in [3.05, 3.63) is 23.5 Å². The fourth-order valence-corrected chi connectivity index (χ4v) is 1.64. The lowest BCUT2D eigenvalue weighted by Crippen LogP contribution is -2.18. The van der Waals surface area contributed by atoms with Crippen LogP contribution < -0.4 is 0 Å². The van der Waals surface area contributed by atoms with E-state index in [9.17, 15) is 4.79 Å². The van der Waals surface area contributed by atoms with Crippen molar-refractivity contribution < 1.29 is 9.53 Å². The van der Waals surface area contributed by atoms with Gasteiger partial charge in [0.15, 0.2) is 5.78 Å². The minimum atomic E-state index is 0.134. The Morgan fingerprint density at radius 3 is 3.17 bits per heavy atom. The topological polar surface area (TPSA) is 26.3 Å². The molecule has 12 heavy (non-hydrogen) atoms. The first kappa shape index (κ1) is 7.59. The second-order valence-corrected chi connectivity index (χ2v) is 3.30. The maximum absolute atomic E-state index is 11.3. The van der Waals surface area contributed by atoms with E-state index in [2.05, 4.69) is 0 Å². The van der Waals surface area contributed by atoms with Gasteiger partial charge in [0.2, 0.25) is 0 Å². The molecule has 0 aromatic heterocycles. The van der Waals surface area contributed by atoms with Gasteiger partial charge in [-0.15, -0.1) is 0 Å². The standard InChI is InChI=1S/C10H12O2/c1-7-5-6-8-9(11)3-2-4-10(8)12-7/h5-7H,2-4H2,1H3/t7-/m0/s1. The molecule has 0 N–H and O–H groups in total. The summed E-state index contributed by atoms with van der Waals surface area (Å²) in [7, 11) is 0. The SMILES string of the molecule is C[C@H]1C=CC2=C(CCCC2=O)O1. The number of Topliss-reactive ketones (excluding diaryl/α,β-unsaturated/α-hetero) is 1. The van der Waals surface area contributed by atoms with Crippen LogP contribution in [0.15, 0.2) is 23.5 Å². The normalized spacial score (nSPS) is 28.4. The van der Waals surface area contributed by atoms with E-state index in [-0.39, 0.29) is 11.9 Å². The summed E-state index contributed by atoms with van der Waals surface area (Å²) in [6, 6.07) is 0. The third-order valence-electron chi connectivity index (χ3n) is 2.27. The molecular weight excluding hydrogens is 152 g/mol. The van der Waals surface area contributed by atoms with Gasteiger partial charge < -0.3 is 4.74 Å². The Morgan fingerprint density at radius 2 is 2.33 bits per heavy atom. The van der Waals surface area contributed by atoms with Crippen LogP contribution in [0.3, 0.4) is 0 Å². The van der Waals surface area contributed by atoms with Gasteiger partial charge in [-0.05, 0) is 25.5 Å². The summed E-state index contributed by atoms with van der Waals surface area (Å²) in [6.07, 6.45) is 6.52. The first-order valence-corrected chi connectivity index (χ1v) is 4.38. The Kier molecular flexibility index (Phi) is 1.75. The van der Waals surface area contributed by atoms with Crippen LogP contribution in [0, 0.1) is 0 Å². The van der Waals surface area contributed by atoms with Crippen molar-refractivity contribution in [2.75, 3.05) is 0 Å². The van der Waals surface area contributed by atoms with Gasteiger partial charge in [0.1, 0.15) is 11.9 Å². The van der Waals surface area contributed by atoms with Crippen molar-refractivity contribution in [1.29, 1.82) is 0 Å². The zero-order chi connectivity index (χ0) is 8.55. The van der Waals surface area contributed by atoms with Gasteiger partial charge in [0.05, 0.1) is 5.57 Å². The summed E-state index contributed by atoms with van der Waals surface area (Å²) in [4.78, 5) is 11.3. The molecule has 0 radical (unpaired) electrons. The Morgan fingerprint density at radius 1 is 1.50 bits per heavy atom.